The molecular weight excluding hydrogens is 311 g/mol. The van der Waals surface area contributed by atoms with E-state index in [4.69, 9.17) is 4.52 Å². The first-order chi connectivity index (χ1) is 10.3. The van der Waals surface area contributed by atoms with E-state index in [9.17, 15) is 19.0 Å². The van der Waals surface area contributed by atoms with Gasteiger partial charge in [0.1, 0.15) is 5.78 Å². The zero-order valence-electron chi connectivity index (χ0n) is 13.5. The molecule has 1 aliphatic heterocycles. The van der Waals surface area contributed by atoms with E-state index in [1.54, 1.807) is 18.7 Å². The highest BCUT2D eigenvalue weighted by molar-refractivity contribution is 7.47. The van der Waals surface area contributed by atoms with Gasteiger partial charge in [-0.1, -0.05) is 13.8 Å². The van der Waals surface area contributed by atoms with Gasteiger partial charge in [-0.2, -0.15) is 0 Å². The van der Waals surface area contributed by atoms with Gasteiger partial charge in [-0.25, -0.2) is 4.57 Å². The van der Waals surface area contributed by atoms with E-state index >= 15 is 0 Å². The molecule has 0 spiro atoms. The van der Waals surface area contributed by atoms with Gasteiger partial charge in [-0.3, -0.25) is 18.6 Å². The van der Waals surface area contributed by atoms with Crippen molar-refractivity contribution in [2.75, 3.05) is 19.8 Å². The fourth-order valence-corrected chi connectivity index (χ4v) is 3.32. The maximum absolute atomic E-state index is 12.2. The van der Waals surface area contributed by atoms with Gasteiger partial charge in [0, 0.05) is 25.8 Å². The second kappa shape index (κ2) is 8.77. The van der Waals surface area contributed by atoms with Crippen LogP contribution < -0.4 is 0 Å². The number of likely N-dealkylation sites (tertiary alicyclic amines) is 1. The number of rotatable bonds is 9. The fourth-order valence-electron chi connectivity index (χ4n) is 2.56. The number of phosphoric acid groups is 1. The third kappa shape index (κ3) is 6.16. The van der Waals surface area contributed by atoms with Gasteiger partial charge in [0.2, 0.25) is 5.91 Å². The molecule has 0 aromatic rings. The van der Waals surface area contributed by atoms with Crippen molar-refractivity contribution in [2.45, 2.75) is 52.5 Å². The SMILES string of the molecule is CC[18O]P(=O)(O)OC[C@@H]1C[C@@H](C)CN1C(=O)CCC(=O)CC. The fraction of sp³-hybridized carbons (Fsp3) is 0.857. The monoisotopic (exact) mass is 337 g/mol. The van der Waals surface area contributed by atoms with Gasteiger partial charge in [0.15, 0.2) is 0 Å². The Morgan fingerprint density at radius 1 is 1.36 bits per heavy atom. The largest absolute Gasteiger partial charge is 0.472 e. The molecule has 1 saturated heterocycles. The molecule has 1 aliphatic rings. The molecule has 0 radical (unpaired) electrons. The van der Waals surface area contributed by atoms with Gasteiger partial charge in [0.05, 0.1) is 19.3 Å². The summed E-state index contributed by atoms with van der Waals surface area (Å²) in [7, 11) is -4.05. The first-order valence-corrected chi connectivity index (χ1v) is 9.21. The van der Waals surface area contributed by atoms with Gasteiger partial charge >= 0.3 is 7.82 Å². The Morgan fingerprint density at radius 2 is 2.05 bits per heavy atom. The Kier molecular flexibility index (Phi) is 7.69. The van der Waals surface area contributed by atoms with Crippen LogP contribution in [-0.2, 0) is 23.2 Å². The van der Waals surface area contributed by atoms with E-state index < -0.39 is 7.82 Å². The molecule has 3 atom stereocenters. The van der Waals surface area contributed by atoms with Crippen LogP contribution in [0.25, 0.3) is 0 Å². The van der Waals surface area contributed by atoms with Crippen LogP contribution in [0.3, 0.4) is 0 Å². The van der Waals surface area contributed by atoms with E-state index in [1.807, 2.05) is 6.92 Å². The van der Waals surface area contributed by atoms with Crippen LogP contribution >= 0.6 is 7.82 Å². The van der Waals surface area contributed by atoms with Gasteiger partial charge < -0.3 is 9.79 Å². The van der Waals surface area contributed by atoms with Gasteiger partial charge in [-0.15, -0.1) is 0 Å². The number of carbonyl (C=O) groups is 2. The van der Waals surface area contributed by atoms with Gasteiger partial charge in [-0.05, 0) is 19.3 Å². The molecule has 0 saturated carbocycles. The molecule has 7 nitrogen and oxygen atoms in total. The number of nitrogens with zero attached hydrogens (tertiary/aromatic N) is 1. The van der Waals surface area contributed by atoms with Crippen LogP contribution in [0.1, 0.15) is 46.5 Å². The van der Waals surface area contributed by atoms with Crippen molar-refractivity contribution in [1.82, 2.24) is 4.90 Å². The Bertz CT molecular complexity index is 441. The number of amides is 1. The minimum atomic E-state index is -4.05. The number of ketones is 1. The Hall–Kier alpha value is -0.750. The molecule has 0 aromatic heterocycles. The smallest absolute Gasteiger partial charge is 0.337 e. The first-order valence-electron chi connectivity index (χ1n) is 7.72. The van der Waals surface area contributed by atoms with Crippen molar-refractivity contribution >= 4 is 19.5 Å². The summed E-state index contributed by atoms with van der Waals surface area (Å²) in [5, 5.41) is 0. The summed E-state index contributed by atoms with van der Waals surface area (Å²) in [5.74, 6) is 0.248. The van der Waals surface area contributed by atoms with E-state index in [-0.39, 0.29) is 43.8 Å². The Morgan fingerprint density at radius 3 is 2.64 bits per heavy atom. The van der Waals surface area contributed by atoms with E-state index in [0.29, 0.717) is 25.3 Å². The summed E-state index contributed by atoms with van der Waals surface area (Å²) in [5.41, 5.74) is 0. The highest BCUT2D eigenvalue weighted by Crippen LogP contribution is 2.43. The van der Waals surface area contributed by atoms with Crippen LogP contribution in [0.2, 0.25) is 0 Å². The average molecular weight is 337 g/mol. The van der Waals surface area contributed by atoms with Crippen molar-refractivity contribution in [3.8, 4) is 0 Å². The van der Waals surface area contributed by atoms with Crippen molar-refractivity contribution < 1.29 is 28.1 Å². The van der Waals surface area contributed by atoms with Crippen molar-refractivity contribution in [3.63, 3.8) is 0 Å². The van der Waals surface area contributed by atoms with Crippen LogP contribution in [0, 0.1) is 5.92 Å². The number of Topliss-reactive ketones (excluding diaryl/α,β-unsaturated/α-hetero) is 1. The topological polar surface area (TPSA) is 93.1 Å². The summed E-state index contributed by atoms with van der Waals surface area (Å²) in [6, 6.07) is -0.250. The Balaban J connectivity index is 2.55. The third-order valence-electron chi connectivity index (χ3n) is 3.68. The number of hydrogen-bond acceptors (Lipinski definition) is 5. The molecular formula is C14H26NO6P. The molecule has 1 fully saturated rings. The van der Waals surface area contributed by atoms with E-state index in [2.05, 4.69) is 4.52 Å². The minimum absolute atomic E-state index is 0.0361. The standard InChI is InChI=1S/C14H26NO6P/c1-4-13(16)6-7-14(17)15-9-11(3)8-12(15)10-21-22(18,19)20-5-2/h11-12H,4-10H2,1-3H3,(H,18,19)/t11-,12+/m1/s1/i20+2. The van der Waals surface area contributed by atoms with E-state index in [1.165, 1.54) is 0 Å². The van der Waals surface area contributed by atoms with E-state index in [0.717, 1.165) is 0 Å². The first kappa shape index (κ1) is 19.3. The van der Waals surface area contributed by atoms with Crippen molar-refractivity contribution in [2.24, 2.45) is 5.92 Å². The minimum Gasteiger partial charge on any atom is -0.337 e. The lowest BCUT2D eigenvalue weighted by molar-refractivity contribution is -0.134. The summed E-state index contributed by atoms with van der Waals surface area (Å²) < 4.78 is 21.1. The highest BCUT2D eigenvalue weighted by Gasteiger charge is 2.35. The quantitative estimate of drug-likeness (QED) is 0.512. The molecule has 22 heavy (non-hydrogen) atoms. The van der Waals surface area contributed by atoms with Gasteiger partial charge in [0.25, 0.3) is 0 Å². The molecule has 1 N–H and O–H groups in total. The lowest BCUT2D eigenvalue weighted by Gasteiger charge is -2.25. The van der Waals surface area contributed by atoms with Crippen LogP contribution in [0.4, 0.5) is 0 Å². The predicted octanol–water partition coefficient (Wildman–Crippen LogP) is 2.14. The number of carbonyl (C=O) groups excluding carboxylic acids is 2. The predicted molar refractivity (Wildman–Crippen MR) is 81.2 cm³/mol. The molecule has 1 unspecified atom stereocenters. The van der Waals surface area contributed by atoms with Crippen molar-refractivity contribution in [1.29, 1.82) is 0 Å². The lowest BCUT2D eigenvalue weighted by Crippen LogP contribution is -2.38. The normalized spacial score (nSPS) is 24.3. The lowest BCUT2D eigenvalue weighted by atomic mass is 10.1. The number of hydrogen-bond donors (Lipinski definition) is 1. The molecule has 8 heteroatoms. The second-order valence-electron chi connectivity index (χ2n) is 5.62. The van der Waals surface area contributed by atoms with Crippen LogP contribution in [-0.4, -0.2) is 47.3 Å². The average Bonchev–Trinajstić information content (AvgIpc) is 2.83. The molecule has 0 bridgehead atoms. The molecule has 128 valence electrons. The molecule has 1 rings (SSSR count). The van der Waals surface area contributed by atoms with Crippen LogP contribution in [0.15, 0.2) is 0 Å². The summed E-state index contributed by atoms with van der Waals surface area (Å²) in [6.07, 6.45) is 1.56. The zero-order valence-corrected chi connectivity index (χ0v) is 14.4. The number of phosphoric ester groups is 1. The molecule has 0 aromatic carbocycles. The molecule has 1 amide bonds. The summed E-state index contributed by atoms with van der Waals surface area (Å²) in [4.78, 5) is 34.6. The molecule has 0 aliphatic carbocycles. The Labute approximate surface area is 131 Å². The van der Waals surface area contributed by atoms with Crippen molar-refractivity contribution in [3.05, 3.63) is 0 Å². The summed E-state index contributed by atoms with van der Waals surface area (Å²) >= 11 is 0. The third-order valence-corrected chi connectivity index (χ3v) is 4.74. The maximum atomic E-state index is 12.2. The van der Waals surface area contributed by atoms with Crippen LogP contribution in [0.5, 0.6) is 0 Å². The maximum Gasteiger partial charge on any atom is 0.472 e. The zero-order chi connectivity index (χ0) is 16.8. The highest BCUT2D eigenvalue weighted by atomic mass is 31.2. The molecule has 1 heterocycles. The second-order valence-corrected chi connectivity index (χ2v) is 7.07. The summed E-state index contributed by atoms with van der Waals surface area (Å²) in [6.45, 7) is 6.01.